The van der Waals surface area contributed by atoms with Crippen LogP contribution >= 0.6 is 0 Å². The second-order valence-corrected chi connectivity index (χ2v) is 4.13. The third-order valence-corrected chi connectivity index (χ3v) is 2.89. The molecule has 0 saturated heterocycles. The smallest absolute Gasteiger partial charge is 0.129 e. The highest BCUT2D eigenvalue weighted by molar-refractivity contribution is 5.36. The average molecular weight is 234 g/mol. The number of aliphatic hydroxyl groups excluding tert-OH is 1. The van der Waals surface area contributed by atoms with E-state index in [0.717, 1.165) is 12.8 Å². The molecular formula is C14H15FO2. The van der Waals surface area contributed by atoms with Gasteiger partial charge < -0.3 is 9.84 Å². The van der Waals surface area contributed by atoms with Crippen LogP contribution in [0, 0.1) is 17.7 Å². The first-order valence-electron chi connectivity index (χ1n) is 5.79. The summed E-state index contributed by atoms with van der Waals surface area (Å²) in [5.74, 6) is 4.86. The quantitative estimate of drug-likeness (QED) is 0.813. The lowest BCUT2D eigenvalue weighted by Gasteiger charge is -2.25. The van der Waals surface area contributed by atoms with Crippen molar-refractivity contribution in [1.82, 2.24) is 0 Å². The first-order valence-corrected chi connectivity index (χ1v) is 5.79. The first-order chi connectivity index (χ1) is 8.29. The molecule has 0 atom stereocenters. The van der Waals surface area contributed by atoms with Gasteiger partial charge in [-0.2, -0.15) is 0 Å². The number of hydrogen-bond acceptors (Lipinski definition) is 2. The molecule has 3 heteroatoms. The monoisotopic (exact) mass is 234 g/mol. The number of hydrogen-bond donors (Lipinski definition) is 1. The van der Waals surface area contributed by atoms with Crippen molar-refractivity contribution in [2.75, 3.05) is 6.61 Å². The molecule has 1 N–H and O–H groups in total. The number of benzene rings is 1. The fourth-order valence-corrected chi connectivity index (χ4v) is 1.63. The van der Waals surface area contributed by atoms with Gasteiger partial charge in [-0.1, -0.05) is 17.9 Å². The highest BCUT2D eigenvalue weighted by Gasteiger charge is 2.18. The molecule has 1 saturated carbocycles. The van der Waals surface area contributed by atoms with Gasteiger partial charge in [0.2, 0.25) is 0 Å². The van der Waals surface area contributed by atoms with Gasteiger partial charge in [0, 0.05) is 11.1 Å². The minimum absolute atomic E-state index is 0.214. The molecule has 1 fully saturated rings. The van der Waals surface area contributed by atoms with Gasteiger partial charge in [-0.15, -0.1) is 0 Å². The second kappa shape index (κ2) is 5.81. The van der Waals surface area contributed by atoms with Crippen LogP contribution in [-0.4, -0.2) is 17.8 Å². The Morgan fingerprint density at radius 3 is 2.82 bits per heavy atom. The molecule has 0 aromatic heterocycles. The van der Waals surface area contributed by atoms with E-state index in [1.807, 2.05) is 0 Å². The SMILES string of the molecule is OCC#Cc1ccc(COC2CCC2)c(F)c1. The van der Waals surface area contributed by atoms with E-state index >= 15 is 0 Å². The van der Waals surface area contributed by atoms with Gasteiger partial charge >= 0.3 is 0 Å². The van der Waals surface area contributed by atoms with Crippen LogP contribution in [0.15, 0.2) is 18.2 Å². The minimum atomic E-state index is -0.297. The van der Waals surface area contributed by atoms with E-state index in [1.54, 1.807) is 12.1 Å². The molecule has 0 unspecified atom stereocenters. The predicted molar refractivity (Wildman–Crippen MR) is 62.8 cm³/mol. The van der Waals surface area contributed by atoms with E-state index in [2.05, 4.69) is 11.8 Å². The Balaban J connectivity index is 1.97. The largest absolute Gasteiger partial charge is 0.384 e. The molecule has 0 heterocycles. The highest BCUT2D eigenvalue weighted by atomic mass is 19.1. The molecule has 1 aromatic rings. The van der Waals surface area contributed by atoms with Crippen molar-refractivity contribution in [3.05, 3.63) is 35.1 Å². The Hall–Kier alpha value is -1.37. The topological polar surface area (TPSA) is 29.5 Å². The van der Waals surface area contributed by atoms with Gasteiger partial charge in [-0.25, -0.2) is 4.39 Å². The lowest BCUT2D eigenvalue weighted by molar-refractivity contribution is -0.00975. The molecule has 2 nitrogen and oxygen atoms in total. The minimum Gasteiger partial charge on any atom is -0.384 e. The summed E-state index contributed by atoms with van der Waals surface area (Å²) in [5, 5.41) is 8.54. The van der Waals surface area contributed by atoms with E-state index in [-0.39, 0.29) is 12.4 Å². The molecule has 0 aliphatic heterocycles. The zero-order chi connectivity index (χ0) is 12.1. The number of aliphatic hydroxyl groups is 1. The van der Waals surface area contributed by atoms with E-state index < -0.39 is 0 Å². The molecule has 0 amide bonds. The average Bonchev–Trinajstić information content (AvgIpc) is 2.27. The molecular weight excluding hydrogens is 219 g/mol. The van der Waals surface area contributed by atoms with Crippen LogP contribution in [0.5, 0.6) is 0 Å². The zero-order valence-corrected chi connectivity index (χ0v) is 9.58. The summed E-state index contributed by atoms with van der Waals surface area (Å²) in [7, 11) is 0. The van der Waals surface area contributed by atoms with Crippen molar-refractivity contribution in [2.45, 2.75) is 32.0 Å². The summed E-state index contributed by atoms with van der Waals surface area (Å²) in [6.45, 7) is 0.109. The molecule has 1 aliphatic carbocycles. The van der Waals surface area contributed by atoms with Gasteiger partial charge in [0.25, 0.3) is 0 Å². The Bertz CT molecular complexity index is 441. The van der Waals surface area contributed by atoms with E-state index in [1.165, 1.54) is 12.5 Å². The summed E-state index contributed by atoms with van der Waals surface area (Å²) >= 11 is 0. The Morgan fingerprint density at radius 2 is 2.24 bits per heavy atom. The highest BCUT2D eigenvalue weighted by Crippen LogP contribution is 2.23. The summed E-state index contributed by atoms with van der Waals surface area (Å²) in [5.41, 5.74) is 1.13. The summed E-state index contributed by atoms with van der Waals surface area (Å²) in [4.78, 5) is 0. The lowest BCUT2D eigenvalue weighted by Crippen LogP contribution is -2.21. The summed E-state index contributed by atoms with van der Waals surface area (Å²) in [6.07, 6.45) is 3.69. The molecule has 1 aliphatic rings. The number of rotatable bonds is 3. The zero-order valence-electron chi connectivity index (χ0n) is 9.58. The van der Waals surface area contributed by atoms with Crippen LogP contribution in [0.1, 0.15) is 30.4 Å². The van der Waals surface area contributed by atoms with Gasteiger partial charge in [0.05, 0.1) is 12.7 Å². The molecule has 0 spiro atoms. The van der Waals surface area contributed by atoms with Crippen LogP contribution in [0.3, 0.4) is 0 Å². The van der Waals surface area contributed by atoms with Crippen molar-refractivity contribution in [3.8, 4) is 11.8 Å². The molecule has 90 valence electrons. The second-order valence-electron chi connectivity index (χ2n) is 4.13. The van der Waals surface area contributed by atoms with Crippen molar-refractivity contribution < 1.29 is 14.2 Å². The normalized spacial score (nSPS) is 14.9. The van der Waals surface area contributed by atoms with E-state index in [4.69, 9.17) is 9.84 Å². The Labute approximate surface area is 100 Å². The third kappa shape index (κ3) is 3.29. The Kier molecular flexibility index (Phi) is 4.13. The molecule has 17 heavy (non-hydrogen) atoms. The van der Waals surface area contributed by atoms with Crippen molar-refractivity contribution in [1.29, 1.82) is 0 Å². The van der Waals surface area contributed by atoms with Gasteiger partial charge in [0.15, 0.2) is 0 Å². The lowest BCUT2D eigenvalue weighted by atomic mass is 9.96. The first kappa shape index (κ1) is 12.1. The molecule has 2 rings (SSSR count). The van der Waals surface area contributed by atoms with E-state index in [9.17, 15) is 4.39 Å². The molecule has 1 aromatic carbocycles. The number of halogens is 1. The van der Waals surface area contributed by atoms with Gasteiger partial charge in [-0.05, 0) is 31.4 Å². The summed E-state index contributed by atoms with van der Waals surface area (Å²) < 4.78 is 19.2. The van der Waals surface area contributed by atoms with Crippen LogP contribution in [0.25, 0.3) is 0 Å². The molecule has 0 bridgehead atoms. The van der Waals surface area contributed by atoms with Crippen LogP contribution < -0.4 is 0 Å². The maximum atomic E-state index is 13.6. The number of ether oxygens (including phenoxy) is 1. The summed E-state index contributed by atoms with van der Waals surface area (Å²) in [6, 6.07) is 4.81. The Morgan fingerprint density at radius 1 is 1.41 bits per heavy atom. The standard InChI is InChI=1S/C14H15FO2/c15-14-9-11(3-2-8-16)6-7-12(14)10-17-13-4-1-5-13/h6-7,9,13,16H,1,4-5,8,10H2. The fourth-order valence-electron chi connectivity index (χ4n) is 1.63. The van der Waals surface area contributed by atoms with Crippen LogP contribution in [-0.2, 0) is 11.3 Å². The van der Waals surface area contributed by atoms with E-state index in [0.29, 0.717) is 23.8 Å². The van der Waals surface area contributed by atoms with Crippen molar-refractivity contribution in [2.24, 2.45) is 0 Å². The van der Waals surface area contributed by atoms with Crippen molar-refractivity contribution >= 4 is 0 Å². The van der Waals surface area contributed by atoms with Gasteiger partial charge in [-0.3, -0.25) is 0 Å². The maximum absolute atomic E-state index is 13.6. The van der Waals surface area contributed by atoms with Crippen LogP contribution in [0.2, 0.25) is 0 Å². The fraction of sp³-hybridized carbons (Fsp3) is 0.429. The van der Waals surface area contributed by atoms with Gasteiger partial charge in [0.1, 0.15) is 12.4 Å². The van der Waals surface area contributed by atoms with Crippen molar-refractivity contribution in [3.63, 3.8) is 0 Å². The molecule has 0 radical (unpaired) electrons. The van der Waals surface area contributed by atoms with Crippen LogP contribution in [0.4, 0.5) is 4.39 Å². The third-order valence-electron chi connectivity index (χ3n) is 2.89. The predicted octanol–water partition coefficient (Wildman–Crippen LogP) is 2.24. The maximum Gasteiger partial charge on any atom is 0.129 e.